The largest absolute Gasteiger partial charge is 0.492 e. The fourth-order valence-electron chi connectivity index (χ4n) is 1.46. The van der Waals surface area contributed by atoms with Crippen molar-refractivity contribution in [3.63, 3.8) is 0 Å². The predicted octanol–water partition coefficient (Wildman–Crippen LogP) is 2.76. The molecule has 0 spiro atoms. The number of amides is 1. The van der Waals surface area contributed by atoms with Crippen molar-refractivity contribution in [2.24, 2.45) is 5.73 Å². The summed E-state index contributed by atoms with van der Waals surface area (Å²) < 4.78 is 5.33. The van der Waals surface area contributed by atoms with Crippen molar-refractivity contribution in [1.29, 1.82) is 0 Å². The van der Waals surface area contributed by atoms with Crippen LogP contribution in [0, 0.1) is 0 Å². The number of carbonyl (C=O) groups is 1. The number of benzene rings is 1. The van der Waals surface area contributed by atoms with E-state index in [0.29, 0.717) is 29.5 Å². The summed E-state index contributed by atoms with van der Waals surface area (Å²) in [7, 11) is 0. The summed E-state index contributed by atoms with van der Waals surface area (Å²) in [6.45, 7) is 2.43. The van der Waals surface area contributed by atoms with Crippen LogP contribution < -0.4 is 15.8 Å². The highest BCUT2D eigenvalue weighted by Gasteiger charge is 2.13. The molecule has 1 atom stereocenters. The number of rotatable bonds is 7. The Labute approximate surface area is 123 Å². The van der Waals surface area contributed by atoms with Gasteiger partial charge in [-0.15, -0.1) is 0 Å². The van der Waals surface area contributed by atoms with Crippen LogP contribution in [-0.2, 0) is 4.79 Å². The molecular weight excluding hydrogens is 284 g/mol. The van der Waals surface area contributed by atoms with Crippen LogP contribution in [0.15, 0.2) is 18.2 Å². The predicted molar refractivity (Wildman–Crippen MR) is 82.2 cm³/mol. The Balaban J connectivity index is 2.62. The lowest BCUT2D eigenvalue weighted by Gasteiger charge is -2.13. The normalized spacial score (nSPS) is 12.0. The van der Waals surface area contributed by atoms with Gasteiger partial charge in [0.2, 0.25) is 5.91 Å². The van der Waals surface area contributed by atoms with E-state index in [4.69, 9.17) is 22.1 Å². The van der Waals surface area contributed by atoms with Gasteiger partial charge in [-0.3, -0.25) is 4.79 Å². The van der Waals surface area contributed by atoms with Gasteiger partial charge in [-0.05, 0) is 43.6 Å². The summed E-state index contributed by atoms with van der Waals surface area (Å²) in [4.78, 5) is 11.8. The minimum absolute atomic E-state index is 0.200. The van der Waals surface area contributed by atoms with E-state index in [-0.39, 0.29) is 5.91 Å². The summed E-state index contributed by atoms with van der Waals surface area (Å²) in [6, 6.07) is 4.63. The van der Waals surface area contributed by atoms with Gasteiger partial charge in [-0.1, -0.05) is 11.6 Å². The Morgan fingerprint density at radius 3 is 2.89 bits per heavy atom. The third-order valence-corrected chi connectivity index (χ3v) is 3.41. The van der Waals surface area contributed by atoms with Crippen molar-refractivity contribution < 1.29 is 9.53 Å². The standard InChI is InChI=1S/C13H19ClN2O2S/c1-3-18-12-5-4-9(8-10(12)14)16-13(17)11(15)6-7-19-2/h4-5,8,11H,3,6-7,15H2,1-2H3,(H,16,17)/t11-/m1/s1. The van der Waals surface area contributed by atoms with Gasteiger partial charge in [0.05, 0.1) is 17.7 Å². The second-order valence-electron chi connectivity index (χ2n) is 3.96. The van der Waals surface area contributed by atoms with Gasteiger partial charge in [-0.25, -0.2) is 0 Å². The minimum atomic E-state index is -0.502. The maximum Gasteiger partial charge on any atom is 0.241 e. The zero-order valence-electron chi connectivity index (χ0n) is 11.1. The average Bonchev–Trinajstić information content (AvgIpc) is 2.39. The van der Waals surface area contributed by atoms with Crippen molar-refractivity contribution in [2.45, 2.75) is 19.4 Å². The van der Waals surface area contributed by atoms with Gasteiger partial charge in [0, 0.05) is 5.69 Å². The van der Waals surface area contributed by atoms with Crippen LogP contribution in [0.25, 0.3) is 0 Å². The highest BCUT2D eigenvalue weighted by Crippen LogP contribution is 2.27. The smallest absolute Gasteiger partial charge is 0.241 e. The lowest BCUT2D eigenvalue weighted by atomic mass is 10.2. The second kappa shape index (κ2) is 8.30. The Kier molecular flexibility index (Phi) is 7.05. The lowest BCUT2D eigenvalue weighted by molar-refractivity contribution is -0.117. The van der Waals surface area contributed by atoms with E-state index in [1.165, 1.54) is 0 Å². The summed E-state index contributed by atoms with van der Waals surface area (Å²) in [5.41, 5.74) is 6.41. The van der Waals surface area contributed by atoms with Gasteiger partial charge in [0.15, 0.2) is 0 Å². The average molecular weight is 303 g/mol. The molecule has 0 saturated heterocycles. The van der Waals surface area contributed by atoms with E-state index in [9.17, 15) is 4.79 Å². The quantitative estimate of drug-likeness (QED) is 0.813. The van der Waals surface area contributed by atoms with Crippen LogP contribution in [0.2, 0.25) is 5.02 Å². The van der Waals surface area contributed by atoms with Crippen LogP contribution in [-0.4, -0.2) is 30.6 Å². The molecule has 0 aliphatic carbocycles. The van der Waals surface area contributed by atoms with Gasteiger partial charge in [0.1, 0.15) is 5.75 Å². The van der Waals surface area contributed by atoms with Gasteiger partial charge >= 0.3 is 0 Å². The van der Waals surface area contributed by atoms with Crippen molar-refractivity contribution in [1.82, 2.24) is 0 Å². The summed E-state index contributed by atoms with van der Waals surface area (Å²) in [5, 5.41) is 3.22. The van der Waals surface area contributed by atoms with E-state index in [1.54, 1.807) is 30.0 Å². The molecule has 0 aliphatic rings. The zero-order chi connectivity index (χ0) is 14.3. The number of thioether (sulfide) groups is 1. The monoisotopic (exact) mass is 302 g/mol. The molecule has 0 fully saturated rings. The molecule has 1 aromatic carbocycles. The van der Waals surface area contributed by atoms with E-state index >= 15 is 0 Å². The molecule has 106 valence electrons. The molecule has 1 rings (SSSR count). The van der Waals surface area contributed by atoms with E-state index in [1.807, 2.05) is 13.2 Å². The van der Waals surface area contributed by atoms with Gasteiger partial charge in [-0.2, -0.15) is 11.8 Å². The number of nitrogens with two attached hydrogens (primary N) is 1. The molecule has 0 aliphatic heterocycles. The van der Waals surface area contributed by atoms with Gasteiger partial charge in [0.25, 0.3) is 0 Å². The Morgan fingerprint density at radius 2 is 2.32 bits per heavy atom. The van der Waals surface area contributed by atoms with Crippen LogP contribution in [0.4, 0.5) is 5.69 Å². The molecule has 0 heterocycles. The maximum absolute atomic E-state index is 11.8. The number of hydrogen-bond acceptors (Lipinski definition) is 4. The third-order valence-electron chi connectivity index (χ3n) is 2.47. The highest BCUT2D eigenvalue weighted by molar-refractivity contribution is 7.98. The number of ether oxygens (including phenoxy) is 1. The number of carbonyl (C=O) groups excluding carboxylic acids is 1. The molecular formula is C13H19ClN2O2S. The summed E-state index contributed by atoms with van der Waals surface area (Å²) >= 11 is 7.71. The molecule has 3 N–H and O–H groups in total. The molecule has 0 bridgehead atoms. The first kappa shape index (κ1) is 16.1. The summed E-state index contributed by atoms with van der Waals surface area (Å²) in [5.74, 6) is 1.27. The molecule has 1 amide bonds. The van der Waals surface area contributed by atoms with Crippen LogP contribution >= 0.6 is 23.4 Å². The zero-order valence-corrected chi connectivity index (χ0v) is 12.7. The van der Waals surface area contributed by atoms with Crippen molar-refractivity contribution in [2.75, 3.05) is 23.9 Å². The molecule has 4 nitrogen and oxygen atoms in total. The van der Waals surface area contributed by atoms with Crippen molar-refractivity contribution >= 4 is 35.0 Å². The molecule has 0 saturated carbocycles. The first-order valence-electron chi connectivity index (χ1n) is 6.06. The van der Waals surface area contributed by atoms with Crippen molar-refractivity contribution in [3.05, 3.63) is 23.2 Å². The van der Waals surface area contributed by atoms with Crippen LogP contribution in [0.3, 0.4) is 0 Å². The van der Waals surface area contributed by atoms with E-state index in [0.717, 1.165) is 5.75 Å². The Bertz CT molecular complexity index is 429. The number of hydrogen-bond donors (Lipinski definition) is 2. The molecule has 1 aromatic rings. The van der Waals surface area contributed by atoms with Gasteiger partial charge < -0.3 is 15.8 Å². The second-order valence-corrected chi connectivity index (χ2v) is 5.35. The minimum Gasteiger partial charge on any atom is -0.492 e. The third kappa shape index (κ3) is 5.30. The first-order chi connectivity index (χ1) is 9.08. The Hall–Kier alpha value is -0.910. The van der Waals surface area contributed by atoms with E-state index < -0.39 is 6.04 Å². The number of nitrogens with one attached hydrogen (secondary N) is 1. The van der Waals surface area contributed by atoms with Crippen LogP contribution in [0.1, 0.15) is 13.3 Å². The molecule has 0 unspecified atom stereocenters. The fraction of sp³-hybridized carbons (Fsp3) is 0.462. The fourth-order valence-corrected chi connectivity index (χ4v) is 2.19. The maximum atomic E-state index is 11.8. The number of halogens is 1. The lowest BCUT2D eigenvalue weighted by Crippen LogP contribution is -2.36. The topological polar surface area (TPSA) is 64.3 Å². The highest BCUT2D eigenvalue weighted by atomic mass is 35.5. The number of anilines is 1. The van der Waals surface area contributed by atoms with Crippen molar-refractivity contribution in [3.8, 4) is 5.75 Å². The molecule has 6 heteroatoms. The molecule has 0 aromatic heterocycles. The van der Waals surface area contributed by atoms with E-state index in [2.05, 4.69) is 5.32 Å². The molecule has 19 heavy (non-hydrogen) atoms. The molecule has 0 radical (unpaired) electrons. The summed E-state index contributed by atoms with van der Waals surface area (Å²) in [6.07, 6.45) is 2.63. The first-order valence-corrected chi connectivity index (χ1v) is 7.83. The van der Waals surface area contributed by atoms with Crippen LogP contribution in [0.5, 0.6) is 5.75 Å². The SMILES string of the molecule is CCOc1ccc(NC(=O)[C@H](N)CCSC)cc1Cl. The Morgan fingerprint density at radius 1 is 1.58 bits per heavy atom.